The molecule has 0 aliphatic rings. The molecule has 0 aliphatic heterocycles. The Hall–Kier alpha value is -2.44. The minimum atomic E-state index is -0.199. The van der Waals surface area contributed by atoms with Crippen LogP contribution in [0.25, 0.3) is 0 Å². The molecule has 0 bridgehead atoms. The highest BCUT2D eigenvalue weighted by Gasteiger charge is 2.05. The highest BCUT2D eigenvalue weighted by atomic mass is 16.1. The van der Waals surface area contributed by atoms with Crippen molar-refractivity contribution in [2.75, 3.05) is 18.9 Å². The van der Waals surface area contributed by atoms with E-state index in [1.807, 2.05) is 13.1 Å². The van der Waals surface area contributed by atoms with Crippen LogP contribution >= 0.6 is 0 Å². The number of nitrogens with one attached hydrogen (secondary N) is 2. The van der Waals surface area contributed by atoms with Gasteiger partial charge >= 0.3 is 0 Å². The summed E-state index contributed by atoms with van der Waals surface area (Å²) in [7, 11) is 3.42. The van der Waals surface area contributed by atoms with Gasteiger partial charge in [0.1, 0.15) is 12.0 Å². The topological polar surface area (TPSA) is 84.7 Å². The maximum atomic E-state index is 11.4. The quantitative estimate of drug-likeness (QED) is 0.803. The summed E-state index contributed by atoms with van der Waals surface area (Å²) < 4.78 is 1.67. The number of amides is 1. The summed E-state index contributed by atoms with van der Waals surface area (Å²) in [4.78, 5) is 19.6. The fraction of sp³-hybridized carbons (Fsp3) is 0.333. The largest absolute Gasteiger partial charge is 0.384 e. The van der Waals surface area contributed by atoms with Gasteiger partial charge < -0.3 is 10.6 Å². The second kappa shape index (κ2) is 5.94. The van der Waals surface area contributed by atoms with Crippen molar-refractivity contribution in [1.29, 1.82) is 0 Å². The second-order valence-electron chi connectivity index (χ2n) is 4.02. The summed E-state index contributed by atoms with van der Waals surface area (Å²) in [5, 5.41) is 9.94. The van der Waals surface area contributed by atoms with Crippen molar-refractivity contribution in [3.63, 3.8) is 0 Å². The first kappa shape index (κ1) is 13.0. The predicted molar refractivity (Wildman–Crippen MR) is 70.8 cm³/mol. The van der Waals surface area contributed by atoms with E-state index < -0.39 is 0 Å². The van der Waals surface area contributed by atoms with Crippen LogP contribution in [0, 0.1) is 0 Å². The zero-order valence-corrected chi connectivity index (χ0v) is 10.9. The molecular formula is C12H16N6O. The van der Waals surface area contributed by atoms with Crippen LogP contribution in [0.15, 0.2) is 24.7 Å². The van der Waals surface area contributed by atoms with E-state index in [0.717, 1.165) is 17.9 Å². The van der Waals surface area contributed by atoms with Gasteiger partial charge in [-0.05, 0) is 12.1 Å². The third-order valence-corrected chi connectivity index (χ3v) is 2.54. The van der Waals surface area contributed by atoms with Crippen molar-refractivity contribution < 1.29 is 4.79 Å². The first-order valence-corrected chi connectivity index (χ1v) is 5.95. The van der Waals surface area contributed by atoms with Crippen molar-refractivity contribution in [3.8, 4) is 0 Å². The number of nitrogens with zero attached hydrogens (tertiary/aromatic N) is 4. The van der Waals surface area contributed by atoms with E-state index >= 15 is 0 Å². The molecule has 0 aliphatic carbocycles. The average molecular weight is 260 g/mol. The Morgan fingerprint density at radius 1 is 1.42 bits per heavy atom. The molecule has 2 rings (SSSR count). The first-order valence-electron chi connectivity index (χ1n) is 5.95. The number of pyridine rings is 1. The van der Waals surface area contributed by atoms with E-state index in [-0.39, 0.29) is 5.91 Å². The van der Waals surface area contributed by atoms with Crippen molar-refractivity contribution in [3.05, 3.63) is 36.2 Å². The van der Waals surface area contributed by atoms with Crippen LogP contribution in [0.3, 0.4) is 0 Å². The Labute approximate surface area is 111 Å². The van der Waals surface area contributed by atoms with Crippen LogP contribution in [-0.4, -0.2) is 39.2 Å². The number of anilines is 1. The molecule has 0 saturated heterocycles. The standard InChI is InChI=1S/C12H16N6O/c1-13-12(19)10-7-9(3-5-15-10)14-6-4-11-16-8-18(2)17-11/h3,5,7-8H,4,6H2,1-2H3,(H,13,19)(H,14,15). The van der Waals surface area contributed by atoms with Crippen molar-refractivity contribution in [2.24, 2.45) is 7.05 Å². The van der Waals surface area contributed by atoms with Gasteiger partial charge in [0.2, 0.25) is 0 Å². The Kier molecular flexibility index (Phi) is 4.07. The Bertz CT molecular complexity index is 565. The van der Waals surface area contributed by atoms with Gasteiger partial charge in [-0.15, -0.1) is 0 Å². The Balaban J connectivity index is 1.90. The van der Waals surface area contributed by atoms with E-state index in [4.69, 9.17) is 0 Å². The third-order valence-electron chi connectivity index (χ3n) is 2.54. The van der Waals surface area contributed by atoms with Crippen LogP contribution in [0.5, 0.6) is 0 Å². The van der Waals surface area contributed by atoms with Gasteiger partial charge in [-0.1, -0.05) is 0 Å². The van der Waals surface area contributed by atoms with E-state index in [2.05, 4.69) is 25.7 Å². The van der Waals surface area contributed by atoms with E-state index in [1.165, 1.54) is 0 Å². The zero-order chi connectivity index (χ0) is 13.7. The van der Waals surface area contributed by atoms with Gasteiger partial charge in [-0.25, -0.2) is 4.98 Å². The van der Waals surface area contributed by atoms with E-state index in [0.29, 0.717) is 12.2 Å². The number of aromatic nitrogens is 4. The first-order chi connectivity index (χ1) is 9.19. The molecule has 2 aromatic heterocycles. The Morgan fingerprint density at radius 3 is 2.95 bits per heavy atom. The molecule has 7 heteroatoms. The van der Waals surface area contributed by atoms with Crippen molar-refractivity contribution >= 4 is 11.6 Å². The molecule has 0 atom stereocenters. The highest BCUT2D eigenvalue weighted by Crippen LogP contribution is 2.07. The molecule has 7 nitrogen and oxygen atoms in total. The smallest absolute Gasteiger partial charge is 0.269 e. The summed E-state index contributed by atoms with van der Waals surface area (Å²) in [5.41, 5.74) is 1.24. The Morgan fingerprint density at radius 2 is 2.26 bits per heavy atom. The second-order valence-corrected chi connectivity index (χ2v) is 4.02. The highest BCUT2D eigenvalue weighted by molar-refractivity contribution is 5.92. The lowest BCUT2D eigenvalue weighted by atomic mass is 10.3. The van der Waals surface area contributed by atoms with Gasteiger partial charge in [0.25, 0.3) is 5.91 Å². The molecule has 0 spiro atoms. The van der Waals surface area contributed by atoms with Crippen LogP contribution in [0.1, 0.15) is 16.3 Å². The summed E-state index contributed by atoms with van der Waals surface area (Å²) >= 11 is 0. The van der Waals surface area contributed by atoms with Crippen LogP contribution in [-0.2, 0) is 13.5 Å². The van der Waals surface area contributed by atoms with Crippen LogP contribution in [0.2, 0.25) is 0 Å². The normalized spacial score (nSPS) is 10.2. The van der Waals surface area contributed by atoms with E-state index in [1.54, 1.807) is 30.3 Å². The minimum absolute atomic E-state index is 0.199. The number of carbonyl (C=O) groups is 1. The summed E-state index contributed by atoms with van der Waals surface area (Å²) in [6, 6.07) is 3.53. The monoisotopic (exact) mass is 260 g/mol. The molecule has 100 valence electrons. The van der Waals surface area contributed by atoms with Gasteiger partial charge in [0, 0.05) is 38.9 Å². The lowest BCUT2D eigenvalue weighted by molar-refractivity contribution is 0.0958. The number of hydrogen-bond acceptors (Lipinski definition) is 5. The predicted octanol–water partition coefficient (Wildman–Crippen LogP) is 0.224. The molecule has 0 saturated carbocycles. The average Bonchev–Trinajstić information content (AvgIpc) is 2.84. The minimum Gasteiger partial charge on any atom is -0.384 e. The summed E-state index contributed by atoms with van der Waals surface area (Å²) in [5.74, 6) is 0.589. The molecule has 2 N–H and O–H groups in total. The molecule has 2 aromatic rings. The van der Waals surface area contributed by atoms with E-state index in [9.17, 15) is 4.79 Å². The van der Waals surface area contributed by atoms with Gasteiger partial charge in [-0.2, -0.15) is 5.10 Å². The lowest BCUT2D eigenvalue weighted by Crippen LogP contribution is -2.19. The van der Waals surface area contributed by atoms with Gasteiger partial charge in [0.05, 0.1) is 0 Å². The molecule has 0 radical (unpaired) electrons. The zero-order valence-electron chi connectivity index (χ0n) is 10.9. The number of rotatable bonds is 5. The summed E-state index contributed by atoms with van der Waals surface area (Å²) in [6.07, 6.45) is 4.00. The molecule has 0 aromatic carbocycles. The molecule has 19 heavy (non-hydrogen) atoms. The number of hydrogen-bond donors (Lipinski definition) is 2. The van der Waals surface area contributed by atoms with Crippen LogP contribution < -0.4 is 10.6 Å². The maximum absolute atomic E-state index is 11.4. The molecule has 2 heterocycles. The third kappa shape index (κ3) is 3.51. The maximum Gasteiger partial charge on any atom is 0.269 e. The number of aryl methyl sites for hydroxylation is 1. The molecular weight excluding hydrogens is 244 g/mol. The number of carbonyl (C=O) groups excluding carboxylic acids is 1. The fourth-order valence-electron chi connectivity index (χ4n) is 1.61. The SMILES string of the molecule is CNC(=O)c1cc(NCCc2ncn(C)n2)ccn1. The van der Waals surface area contributed by atoms with Crippen LogP contribution in [0.4, 0.5) is 5.69 Å². The summed E-state index contributed by atoms with van der Waals surface area (Å²) in [6.45, 7) is 0.696. The molecule has 1 amide bonds. The lowest BCUT2D eigenvalue weighted by Gasteiger charge is -2.06. The van der Waals surface area contributed by atoms with Crippen molar-refractivity contribution in [1.82, 2.24) is 25.1 Å². The van der Waals surface area contributed by atoms with Crippen molar-refractivity contribution in [2.45, 2.75) is 6.42 Å². The molecule has 0 unspecified atom stereocenters. The molecule has 0 fully saturated rings. The fourth-order valence-corrected chi connectivity index (χ4v) is 1.61. The van der Waals surface area contributed by atoms with Gasteiger partial charge in [-0.3, -0.25) is 14.5 Å². The van der Waals surface area contributed by atoms with Gasteiger partial charge in [0.15, 0.2) is 5.82 Å².